The van der Waals surface area contributed by atoms with Crippen molar-refractivity contribution in [3.05, 3.63) is 37.1 Å². The van der Waals surface area contributed by atoms with Gasteiger partial charge in [0.05, 0.1) is 5.52 Å². The van der Waals surface area contributed by atoms with E-state index in [4.69, 9.17) is 4.42 Å². The molecule has 3 aromatic heterocycles. The molecule has 0 N–H and O–H groups in total. The third-order valence-electron chi connectivity index (χ3n) is 2.01. The molecule has 14 heavy (non-hydrogen) atoms. The Morgan fingerprint density at radius 3 is 3.14 bits per heavy atom. The molecule has 0 fully saturated rings. The van der Waals surface area contributed by atoms with Crippen LogP contribution in [-0.4, -0.2) is 19.6 Å². The monoisotopic (exact) mass is 186 g/mol. The summed E-state index contributed by atoms with van der Waals surface area (Å²) in [5, 5.41) is 7.44. The Labute approximate surface area is 79.0 Å². The molecule has 0 saturated heterocycles. The highest BCUT2D eigenvalue weighted by atomic mass is 16.4. The lowest BCUT2D eigenvalue weighted by Gasteiger charge is -1.91. The number of imidazole rings is 1. The molecule has 68 valence electrons. The Hall–Kier alpha value is -2.17. The first-order chi connectivity index (χ1) is 6.95. The molecular formula is C9H6N4O. The minimum absolute atomic E-state index is 0.443. The van der Waals surface area contributed by atoms with E-state index in [-0.39, 0.29) is 0 Å². The van der Waals surface area contributed by atoms with Crippen LogP contribution in [0.3, 0.4) is 0 Å². The lowest BCUT2D eigenvalue weighted by molar-refractivity contribution is 0.567. The fourth-order valence-electron chi connectivity index (χ4n) is 1.38. The van der Waals surface area contributed by atoms with E-state index in [0.717, 1.165) is 5.52 Å². The molecule has 3 heterocycles. The van der Waals surface area contributed by atoms with Gasteiger partial charge in [0.1, 0.15) is 6.33 Å². The molecule has 0 radical (unpaired) electrons. The first kappa shape index (κ1) is 7.25. The molecule has 0 spiro atoms. The summed E-state index contributed by atoms with van der Waals surface area (Å²) >= 11 is 0. The van der Waals surface area contributed by atoms with Gasteiger partial charge in [-0.2, -0.15) is 0 Å². The first-order valence-corrected chi connectivity index (χ1v) is 4.13. The van der Waals surface area contributed by atoms with Gasteiger partial charge in [0.25, 0.3) is 5.89 Å². The van der Waals surface area contributed by atoms with Crippen LogP contribution in [0.4, 0.5) is 0 Å². The maximum absolute atomic E-state index is 5.09. The maximum Gasteiger partial charge on any atom is 0.268 e. The number of hydrogen-bond donors (Lipinski definition) is 0. The third kappa shape index (κ3) is 0.922. The largest absolute Gasteiger partial charge is 0.422 e. The minimum Gasteiger partial charge on any atom is -0.422 e. The van der Waals surface area contributed by atoms with E-state index in [2.05, 4.69) is 15.2 Å². The molecule has 3 aromatic rings. The zero-order chi connectivity index (χ0) is 9.38. The molecule has 0 aromatic carbocycles. The molecule has 3 rings (SSSR count). The maximum atomic E-state index is 5.09. The van der Waals surface area contributed by atoms with Crippen LogP contribution in [0.2, 0.25) is 0 Å². The molecule has 0 atom stereocenters. The highest BCUT2D eigenvalue weighted by Gasteiger charge is 2.10. The third-order valence-corrected chi connectivity index (χ3v) is 2.01. The van der Waals surface area contributed by atoms with Crippen molar-refractivity contribution in [1.82, 2.24) is 19.6 Å². The van der Waals surface area contributed by atoms with E-state index in [9.17, 15) is 0 Å². The molecule has 0 aliphatic rings. The minimum atomic E-state index is 0.443. The van der Waals surface area contributed by atoms with Crippen molar-refractivity contribution >= 4 is 5.52 Å². The zero-order valence-electron chi connectivity index (χ0n) is 7.16. The molecule has 0 amide bonds. The smallest absolute Gasteiger partial charge is 0.268 e. The van der Waals surface area contributed by atoms with Crippen LogP contribution in [0.1, 0.15) is 0 Å². The Morgan fingerprint density at radius 1 is 1.29 bits per heavy atom. The lowest BCUT2D eigenvalue weighted by atomic mass is 10.3. The van der Waals surface area contributed by atoms with Crippen LogP contribution in [0.5, 0.6) is 0 Å². The normalized spacial score (nSPS) is 10.9. The van der Waals surface area contributed by atoms with E-state index in [1.54, 1.807) is 6.33 Å². The summed E-state index contributed by atoms with van der Waals surface area (Å²) in [5.41, 5.74) is 1.67. The van der Waals surface area contributed by atoms with Crippen molar-refractivity contribution in [2.24, 2.45) is 0 Å². The van der Waals surface area contributed by atoms with Crippen molar-refractivity contribution < 1.29 is 4.42 Å². The number of rotatable bonds is 1. The van der Waals surface area contributed by atoms with Gasteiger partial charge in [0.2, 0.25) is 6.39 Å². The van der Waals surface area contributed by atoms with E-state index < -0.39 is 0 Å². The number of pyridine rings is 1. The van der Waals surface area contributed by atoms with Crippen molar-refractivity contribution in [1.29, 1.82) is 0 Å². The Morgan fingerprint density at radius 2 is 2.29 bits per heavy atom. The van der Waals surface area contributed by atoms with Gasteiger partial charge in [0.15, 0.2) is 5.69 Å². The Balaban J connectivity index is 2.33. The second-order valence-corrected chi connectivity index (χ2v) is 2.83. The average Bonchev–Trinajstić information content (AvgIpc) is 2.85. The van der Waals surface area contributed by atoms with Gasteiger partial charge in [-0.25, -0.2) is 4.98 Å². The standard InChI is InChI=1S/C9H6N4O/c1-2-4-13-5-10-8(7(13)3-1)9-12-11-6-14-9/h1-6H. The number of nitrogens with zero attached hydrogens (tertiary/aromatic N) is 4. The highest BCUT2D eigenvalue weighted by molar-refractivity contribution is 5.71. The second kappa shape index (κ2) is 2.66. The van der Waals surface area contributed by atoms with E-state index in [0.29, 0.717) is 11.6 Å². The molecule has 0 unspecified atom stereocenters. The van der Waals surface area contributed by atoms with Crippen LogP contribution in [-0.2, 0) is 0 Å². The van der Waals surface area contributed by atoms with Crippen LogP contribution >= 0.6 is 0 Å². The van der Waals surface area contributed by atoms with E-state index in [1.807, 2.05) is 28.8 Å². The molecule has 0 aliphatic carbocycles. The Kier molecular flexibility index (Phi) is 1.38. The summed E-state index contributed by atoms with van der Waals surface area (Å²) in [6.45, 7) is 0. The predicted molar refractivity (Wildman–Crippen MR) is 48.5 cm³/mol. The number of hydrogen-bond acceptors (Lipinski definition) is 4. The number of aromatic nitrogens is 4. The summed E-state index contributed by atoms with van der Waals surface area (Å²) in [5.74, 6) is 0.443. The Bertz CT molecular complexity index is 555. The van der Waals surface area contributed by atoms with Crippen LogP contribution in [0.25, 0.3) is 17.1 Å². The highest BCUT2D eigenvalue weighted by Crippen LogP contribution is 2.19. The van der Waals surface area contributed by atoms with Gasteiger partial charge < -0.3 is 8.82 Å². The number of fused-ring (bicyclic) bond motifs is 1. The van der Waals surface area contributed by atoms with Crippen LogP contribution in [0.15, 0.2) is 41.5 Å². The second-order valence-electron chi connectivity index (χ2n) is 2.83. The van der Waals surface area contributed by atoms with Gasteiger partial charge in [-0.05, 0) is 12.1 Å². The molecular weight excluding hydrogens is 180 g/mol. The summed E-state index contributed by atoms with van der Waals surface area (Å²) in [6.07, 6.45) is 4.93. The van der Waals surface area contributed by atoms with Crippen LogP contribution < -0.4 is 0 Å². The predicted octanol–water partition coefficient (Wildman–Crippen LogP) is 1.38. The lowest BCUT2D eigenvalue weighted by Crippen LogP contribution is -1.81. The fraction of sp³-hybridized carbons (Fsp3) is 0. The van der Waals surface area contributed by atoms with Crippen LogP contribution in [0, 0.1) is 0 Å². The average molecular weight is 186 g/mol. The molecule has 5 heteroatoms. The fourth-order valence-corrected chi connectivity index (χ4v) is 1.38. The van der Waals surface area contributed by atoms with Gasteiger partial charge in [-0.15, -0.1) is 10.2 Å². The summed E-state index contributed by atoms with van der Waals surface area (Å²) in [6, 6.07) is 5.83. The summed E-state index contributed by atoms with van der Waals surface area (Å²) in [7, 11) is 0. The molecule has 0 aliphatic heterocycles. The van der Waals surface area contributed by atoms with Gasteiger partial charge in [0, 0.05) is 6.20 Å². The van der Waals surface area contributed by atoms with Gasteiger partial charge in [-0.3, -0.25) is 0 Å². The SMILES string of the molecule is c1ccn2cnc(-c3nnco3)c2c1. The van der Waals surface area contributed by atoms with E-state index >= 15 is 0 Å². The van der Waals surface area contributed by atoms with E-state index in [1.165, 1.54) is 6.39 Å². The molecule has 5 nitrogen and oxygen atoms in total. The zero-order valence-corrected chi connectivity index (χ0v) is 7.16. The van der Waals surface area contributed by atoms with Crippen molar-refractivity contribution in [2.45, 2.75) is 0 Å². The molecule has 0 bridgehead atoms. The topological polar surface area (TPSA) is 56.2 Å². The van der Waals surface area contributed by atoms with Gasteiger partial charge in [-0.1, -0.05) is 6.07 Å². The van der Waals surface area contributed by atoms with Crippen molar-refractivity contribution in [3.63, 3.8) is 0 Å². The van der Waals surface area contributed by atoms with Gasteiger partial charge >= 0.3 is 0 Å². The molecule has 0 saturated carbocycles. The summed E-state index contributed by atoms with van der Waals surface area (Å²) in [4.78, 5) is 4.20. The van der Waals surface area contributed by atoms with Crippen molar-refractivity contribution in [2.75, 3.05) is 0 Å². The van der Waals surface area contributed by atoms with Crippen molar-refractivity contribution in [3.8, 4) is 11.6 Å². The summed E-state index contributed by atoms with van der Waals surface area (Å²) < 4.78 is 6.99. The quantitative estimate of drug-likeness (QED) is 0.576. The first-order valence-electron chi connectivity index (χ1n) is 4.13.